The van der Waals surface area contributed by atoms with E-state index in [0.29, 0.717) is 12.0 Å². The van der Waals surface area contributed by atoms with E-state index in [4.69, 9.17) is 0 Å². The van der Waals surface area contributed by atoms with Crippen LogP contribution in [0.25, 0.3) is 0 Å². The minimum absolute atomic E-state index is 0.167. The highest BCUT2D eigenvalue weighted by molar-refractivity contribution is 5.49. The van der Waals surface area contributed by atoms with Gasteiger partial charge in [0.1, 0.15) is 11.6 Å². The van der Waals surface area contributed by atoms with Crippen molar-refractivity contribution in [2.45, 2.75) is 24.8 Å². The van der Waals surface area contributed by atoms with Gasteiger partial charge in [-0.25, -0.2) is 9.37 Å². The first kappa shape index (κ1) is 13.9. The Bertz CT molecular complexity index is 586. The highest BCUT2D eigenvalue weighted by Crippen LogP contribution is 2.38. The highest BCUT2D eigenvalue weighted by Gasteiger charge is 2.30. The maximum atomic E-state index is 12.9. The molecule has 0 spiro atoms. The zero-order chi connectivity index (χ0) is 14.8. The quantitative estimate of drug-likeness (QED) is 0.929. The molecule has 21 heavy (non-hydrogen) atoms. The Morgan fingerprint density at radius 3 is 2.38 bits per heavy atom. The molecular weight excluding hydrogens is 265 g/mol. The van der Waals surface area contributed by atoms with Crippen molar-refractivity contribution in [3.05, 3.63) is 54.0 Å². The molecule has 1 aliphatic rings. The Morgan fingerprint density at radius 1 is 1.10 bits per heavy atom. The van der Waals surface area contributed by atoms with Gasteiger partial charge in [0.05, 0.1) is 11.9 Å². The van der Waals surface area contributed by atoms with Crippen LogP contribution in [0, 0.1) is 5.82 Å². The van der Waals surface area contributed by atoms with Crippen LogP contribution in [-0.2, 0) is 0 Å². The van der Waals surface area contributed by atoms with Crippen molar-refractivity contribution in [2.75, 3.05) is 24.3 Å². The highest BCUT2D eigenvalue weighted by atomic mass is 19.1. The molecular formula is C17H20FN3. The van der Waals surface area contributed by atoms with Crippen LogP contribution in [0.5, 0.6) is 0 Å². The number of anilines is 2. The molecule has 1 aromatic carbocycles. The van der Waals surface area contributed by atoms with Gasteiger partial charge >= 0.3 is 0 Å². The van der Waals surface area contributed by atoms with Crippen molar-refractivity contribution < 1.29 is 4.39 Å². The Hall–Kier alpha value is -2.10. The average Bonchev–Trinajstić information content (AvgIpc) is 2.44. The van der Waals surface area contributed by atoms with Gasteiger partial charge < -0.3 is 10.2 Å². The summed E-state index contributed by atoms with van der Waals surface area (Å²) < 4.78 is 12.9. The van der Waals surface area contributed by atoms with Crippen LogP contribution in [0.15, 0.2) is 42.6 Å². The Kier molecular flexibility index (Phi) is 3.78. The van der Waals surface area contributed by atoms with Gasteiger partial charge in [-0.3, -0.25) is 0 Å². The van der Waals surface area contributed by atoms with Crippen LogP contribution in [0.4, 0.5) is 15.9 Å². The molecule has 1 saturated carbocycles. The van der Waals surface area contributed by atoms with Gasteiger partial charge in [-0.05, 0) is 48.6 Å². The molecule has 0 aliphatic heterocycles. The molecule has 3 nitrogen and oxygen atoms in total. The molecule has 1 N–H and O–H groups in total. The Labute approximate surface area is 124 Å². The lowest BCUT2D eigenvalue weighted by Gasteiger charge is -2.36. The number of pyridine rings is 1. The second-order valence-electron chi connectivity index (χ2n) is 5.86. The minimum Gasteiger partial charge on any atom is -0.381 e. The molecule has 1 aromatic heterocycles. The fourth-order valence-electron chi connectivity index (χ4n) is 2.71. The van der Waals surface area contributed by atoms with Crippen molar-refractivity contribution in [3.8, 4) is 0 Å². The Balaban J connectivity index is 1.53. The molecule has 4 heteroatoms. The van der Waals surface area contributed by atoms with E-state index < -0.39 is 0 Å². The monoisotopic (exact) mass is 285 g/mol. The van der Waals surface area contributed by atoms with E-state index in [0.717, 1.165) is 24.3 Å². The van der Waals surface area contributed by atoms with Crippen molar-refractivity contribution >= 4 is 11.5 Å². The zero-order valence-corrected chi connectivity index (χ0v) is 12.4. The van der Waals surface area contributed by atoms with Gasteiger partial charge in [0, 0.05) is 20.1 Å². The summed E-state index contributed by atoms with van der Waals surface area (Å²) in [5, 5.41) is 3.50. The van der Waals surface area contributed by atoms with Gasteiger partial charge in [-0.1, -0.05) is 12.1 Å². The number of benzene rings is 1. The molecule has 1 heterocycles. The number of rotatable bonds is 4. The van der Waals surface area contributed by atoms with Crippen LogP contribution in [-0.4, -0.2) is 25.1 Å². The molecule has 1 aliphatic carbocycles. The minimum atomic E-state index is -0.167. The summed E-state index contributed by atoms with van der Waals surface area (Å²) in [5.74, 6) is 1.33. The fraction of sp³-hybridized carbons (Fsp3) is 0.353. The molecule has 0 amide bonds. The number of hydrogen-bond donors (Lipinski definition) is 1. The van der Waals surface area contributed by atoms with Crippen molar-refractivity contribution in [1.29, 1.82) is 0 Å². The van der Waals surface area contributed by atoms with Crippen LogP contribution < -0.4 is 10.2 Å². The largest absolute Gasteiger partial charge is 0.381 e. The summed E-state index contributed by atoms with van der Waals surface area (Å²) >= 11 is 0. The summed E-state index contributed by atoms with van der Waals surface area (Å²) in [6.45, 7) is 0. The van der Waals surface area contributed by atoms with Crippen molar-refractivity contribution in [3.63, 3.8) is 0 Å². The molecule has 0 atom stereocenters. The maximum Gasteiger partial charge on any atom is 0.128 e. The zero-order valence-electron chi connectivity index (χ0n) is 12.4. The predicted molar refractivity (Wildman–Crippen MR) is 84.3 cm³/mol. The predicted octanol–water partition coefficient (Wildman–Crippen LogP) is 3.64. The summed E-state index contributed by atoms with van der Waals surface area (Å²) in [4.78, 5) is 6.38. The number of hydrogen-bond acceptors (Lipinski definition) is 3. The van der Waals surface area contributed by atoms with Gasteiger partial charge in [0.15, 0.2) is 0 Å². The van der Waals surface area contributed by atoms with Crippen LogP contribution in [0.2, 0.25) is 0 Å². The average molecular weight is 285 g/mol. The SMILES string of the molecule is CN(C)c1ccc(NC2CC(c3ccc(F)cc3)C2)cn1. The lowest BCUT2D eigenvalue weighted by molar-refractivity contribution is 0.374. The van der Waals surface area contributed by atoms with E-state index in [1.165, 1.54) is 5.56 Å². The second-order valence-corrected chi connectivity index (χ2v) is 5.86. The topological polar surface area (TPSA) is 28.2 Å². The standard InChI is InChI=1S/C17H20FN3/c1-21(2)17-8-7-15(11-19-17)20-16-9-13(10-16)12-3-5-14(18)6-4-12/h3-8,11,13,16,20H,9-10H2,1-2H3. The van der Waals surface area contributed by atoms with Gasteiger partial charge in [0.2, 0.25) is 0 Å². The fourth-order valence-corrected chi connectivity index (χ4v) is 2.71. The normalized spacial score (nSPS) is 20.7. The molecule has 2 aromatic rings. The molecule has 0 saturated heterocycles. The summed E-state index contributed by atoms with van der Waals surface area (Å²) in [6.07, 6.45) is 4.04. The van der Waals surface area contributed by atoms with E-state index >= 15 is 0 Å². The van der Waals surface area contributed by atoms with Crippen LogP contribution in [0.3, 0.4) is 0 Å². The first-order chi connectivity index (χ1) is 10.1. The third-order valence-electron chi connectivity index (χ3n) is 4.06. The van der Waals surface area contributed by atoms with Gasteiger partial charge in [-0.2, -0.15) is 0 Å². The lowest BCUT2D eigenvalue weighted by atomic mass is 9.76. The maximum absolute atomic E-state index is 12.9. The molecule has 0 radical (unpaired) electrons. The second kappa shape index (κ2) is 5.72. The Morgan fingerprint density at radius 2 is 1.81 bits per heavy atom. The van der Waals surface area contributed by atoms with E-state index in [-0.39, 0.29) is 5.82 Å². The van der Waals surface area contributed by atoms with Crippen molar-refractivity contribution in [2.24, 2.45) is 0 Å². The number of aromatic nitrogens is 1. The van der Waals surface area contributed by atoms with E-state index in [9.17, 15) is 4.39 Å². The summed E-state index contributed by atoms with van der Waals surface area (Å²) in [5.41, 5.74) is 2.29. The summed E-state index contributed by atoms with van der Waals surface area (Å²) in [7, 11) is 3.96. The number of nitrogens with zero attached hydrogens (tertiary/aromatic N) is 2. The third-order valence-corrected chi connectivity index (χ3v) is 4.06. The van der Waals surface area contributed by atoms with E-state index in [2.05, 4.69) is 16.4 Å². The molecule has 110 valence electrons. The van der Waals surface area contributed by atoms with Gasteiger partial charge in [0.25, 0.3) is 0 Å². The van der Waals surface area contributed by atoms with Crippen LogP contribution in [0.1, 0.15) is 24.3 Å². The molecule has 0 bridgehead atoms. The number of halogens is 1. The van der Waals surface area contributed by atoms with E-state index in [1.807, 2.05) is 43.4 Å². The molecule has 3 rings (SSSR count). The van der Waals surface area contributed by atoms with Crippen molar-refractivity contribution in [1.82, 2.24) is 4.98 Å². The third kappa shape index (κ3) is 3.15. The van der Waals surface area contributed by atoms with E-state index in [1.54, 1.807) is 12.1 Å². The lowest BCUT2D eigenvalue weighted by Crippen LogP contribution is -2.34. The first-order valence-electron chi connectivity index (χ1n) is 7.27. The van der Waals surface area contributed by atoms with Crippen LogP contribution >= 0.6 is 0 Å². The number of nitrogens with one attached hydrogen (secondary N) is 1. The summed E-state index contributed by atoms with van der Waals surface area (Å²) in [6, 6.07) is 11.4. The van der Waals surface area contributed by atoms with Gasteiger partial charge in [-0.15, -0.1) is 0 Å². The molecule has 0 unspecified atom stereocenters. The smallest absolute Gasteiger partial charge is 0.128 e. The molecule has 1 fully saturated rings. The first-order valence-corrected chi connectivity index (χ1v) is 7.27.